The number of rotatable bonds is 5. The highest BCUT2D eigenvalue weighted by molar-refractivity contribution is 9.10. The molecular formula is C12H11BrN2O5S. The van der Waals surface area contributed by atoms with E-state index in [4.69, 9.17) is 4.42 Å². The highest BCUT2D eigenvalue weighted by atomic mass is 79.9. The van der Waals surface area contributed by atoms with Gasteiger partial charge in [-0.15, -0.1) is 0 Å². The van der Waals surface area contributed by atoms with Crippen molar-refractivity contribution in [2.24, 2.45) is 0 Å². The molecule has 1 aromatic carbocycles. The van der Waals surface area contributed by atoms with E-state index in [1.54, 1.807) is 19.1 Å². The molecule has 0 fully saturated rings. The van der Waals surface area contributed by atoms with Crippen LogP contribution in [0.5, 0.6) is 0 Å². The van der Waals surface area contributed by atoms with Crippen molar-refractivity contribution in [3.05, 3.63) is 56.4 Å². The Hall–Kier alpha value is -1.71. The molecule has 2 aromatic rings. The number of hydrogen-bond acceptors (Lipinski definition) is 5. The quantitative estimate of drug-likeness (QED) is 0.640. The van der Waals surface area contributed by atoms with Gasteiger partial charge in [0.05, 0.1) is 11.5 Å². The van der Waals surface area contributed by atoms with E-state index in [0.717, 1.165) is 6.07 Å². The average molecular weight is 375 g/mol. The van der Waals surface area contributed by atoms with Gasteiger partial charge in [-0.3, -0.25) is 10.1 Å². The lowest BCUT2D eigenvalue weighted by Gasteiger charge is -2.06. The van der Waals surface area contributed by atoms with E-state index >= 15 is 0 Å². The van der Waals surface area contributed by atoms with Gasteiger partial charge in [0.15, 0.2) is 4.90 Å². The molecule has 9 heteroatoms. The lowest BCUT2D eigenvalue weighted by atomic mass is 10.3. The third-order valence-electron chi connectivity index (χ3n) is 2.64. The molecule has 0 atom stereocenters. The Labute approximate surface area is 129 Å². The van der Waals surface area contributed by atoms with Gasteiger partial charge in [0.2, 0.25) is 10.0 Å². The summed E-state index contributed by atoms with van der Waals surface area (Å²) in [5.41, 5.74) is -0.485. The minimum atomic E-state index is -4.03. The van der Waals surface area contributed by atoms with Gasteiger partial charge >= 0.3 is 0 Å². The van der Waals surface area contributed by atoms with E-state index in [-0.39, 0.29) is 6.54 Å². The molecule has 0 bridgehead atoms. The summed E-state index contributed by atoms with van der Waals surface area (Å²) in [6, 6.07) is 7.06. The molecule has 112 valence electrons. The van der Waals surface area contributed by atoms with Crippen molar-refractivity contribution in [1.82, 2.24) is 4.72 Å². The van der Waals surface area contributed by atoms with Crippen molar-refractivity contribution >= 4 is 31.6 Å². The van der Waals surface area contributed by atoms with E-state index in [9.17, 15) is 18.5 Å². The molecule has 1 N–H and O–H groups in total. The highest BCUT2D eigenvalue weighted by Gasteiger charge is 2.26. The number of nitrogens with one attached hydrogen (secondary N) is 1. The monoisotopic (exact) mass is 374 g/mol. The Morgan fingerprint density at radius 1 is 1.33 bits per heavy atom. The molecule has 0 aliphatic carbocycles. The Balaban J connectivity index is 2.31. The zero-order valence-electron chi connectivity index (χ0n) is 10.9. The van der Waals surface area contributed by atoms with Crippen LogP contribution < -0.4 is 4.72 Å². The van der Waals surface area contributed by atoms with Crippen LogP contribution in [0.15, 0.2) is 44.1 Å². The first-order valence-electron chi connectivity index (χ1n) is 5.78. The smallest absolute Gasteiger partial charge is 0.289 e. The summed E-state index contributed by atoms with van der Waals surface area (Å²) in [6.07, 6.45) is 0. The molecular weight excluding hydrogens is 364 g/mol. The van der Waals surface area contributed by atoms with E-state index in [0.29, 0.717) is 16.0 Å². The molecule has 0 radical (unpaired) electrons. The van der Waals surface area contributed by atoms with Crippen LogP contribution in [0, 0.1) is 17.0 Å². The minimum Gasteiger partial charge on any atom is -0.465 e. The number of nitro benzene ring substituents is 1. The summed E-state index contributed by atoms with van der Waals surface area (Å²) in [7, 11) is -4.03. The van der Waals surface area contributed by atoms with E-state index < -0.39 is 25.5 Å². The molecule has 21 heavy (non-hydrogen) atoms. The normalized spacial score (nSPS) is 11.5. The van der Waals surface area contributed by atoms with Gasteiger partial charge in [-0.25, -0.2) is 13.1 Å². The number of hydrogen-bond donors (Lipinski definition) is 1. The Kier molecular flexibility index (Phi) is 4.45. The molecule has 0 spiro atoms. The molecule has 0 saturated carbocycles. The number of nitro groups is 1. The summed E-state index contributed by atoms with van der Waals surface area (Å²) in [4.78, 5) is 9.80. The number of aryl methyl sites for hydroxylation is 1. The first kappa shape index (κ1) is 15.7. The van der Waals surface area contributed by atoms with Crippen LogP contribution in [0.25, 0.3) is 0 Å². The van der Waals surface area contributed by atoms with Crippen molar-refractivity contribution in [3.8, 4) is 0 Å². The molecule has 0 aliphatic rings. The molecule has 1 aromatic heterocycles. The van der Waals surface area contributed by atoms with Gasteiger partial charge < -0.3 is 4.42 Å². The molecule has 0 amide bonds. The van der Waals surface area contributed by atoms with Crippen LogP contribution in [-0.4, -0.2) is 13.3 Å². The summed E-state index contributed by atoms with van der Waals surface area (Å²) >= 11 is 3.10. The van der Waals surface area contributed by atoms with Gasteiger partial charge in [-0.2, -0.15) is 0 Å². The zero-order valence-corrected chi connectivity index (χ0v) is 13.3. The number of benzene rings is 1. The second-order valence-electron chi connectivity index (χ2n) is 4.21. The van der Waals surface area contributed by atoms with Gasteiger partial charge in [-0.1, -0.05) is 15.9 Å². The van der Waals surface area contributed by atoms with Crippen molar-refractivity contribution in [3.63, 3.8) is 0 Å². The maximum atomic E-state index is 12.2. The van der Waals surface area contributed by atoms with Gasteiger partial charge in [0, 0.05) is 10.5 Å². The Morgan fingerprint density at radius 3 is 2.62 bits per heavy atom. The van der Waals surface area contributed by atoms with Crippen molar-refractivity contribution < 1.29 is 17.8 Å². The predicted molar refractivity (Wildman–Crippen MR) is 78.3 cm³/mol. The molecule has 2 rings (SSSR count). The van der Waals surface area contributed by atoms with Crippen molar-refractivity contribution in [2.75, 3.05) is 0 Å². The van der Waals surface area contributed by atoms with Crippen LogP contribution in [-0.2, 0) is 16.6 Å². The van der Waals surface area contributed by atoms with Crippen LogP contribution in [0.3, 0.4) is 0 Å². The van der Waals surface area contributed by atoms with E-state index in [1.165, 1.54) is 12.1 Å². The molecule has 0 aliphatic heterocycles. The number of sulfonamides is 1. The Bertz CT molecular complexity index is 785. The highest BCUT2D eigenvalue weighted by Crippen LogP contribution is 2.27. The van der Waals surface area contributed by atoms with Crippen LogP contribution in [0.4, 0.5) is 5.69 Å². The summed E-state index contributed by atoms with van der Waals surface area (Å²) in [6.45, 7) is 1.65. The third-order valence-corrected chi connectivity index (χ3v) is 4.56. The average Bonchev–Trinajstić information content (AvgIpc) is 2.82. The Morgan fingerprint density at radius 2 is 2.05 bits per heavy atom. The summed E-state index contributed by atoms with van der Waals surface area (Å²) in [5, 5.41) is 10.9. The molecule has 0 saturated heterocycles. The third kappa shape index (κ3) is 3.69. The fraction of sp³-hybridized carbons (Fsp3) is 0.167. The topological polar surface area (TPSA) is 102 Å². The second kappa shape index (κ2) is 5.96. The van der Waals surface area contributed by atoms with E-state index in [2.05, 4.69) is 20.7 Å². The van der Waals surface area contributed by atoms with Gasteiger partial charge in [0.25, 0.3) is 5.69 Å². The van der Waals surface area contributed by atoms with Crippen LogP contribution in [0.1, 0.15) is 11.5 Å². The van der Waals surface area contributed by atoms with Crippen LogP contribution >= 0.6 is 15.9 Å². The number of nitrogens with zero attached hydrogens (tertiary/aromatic N) is 1. The standard InChI is InChI=1S/C12H11BrN2O5S/c1-8-2-4-10(20-8)7-14-21(18,19)12-6-9(13)3-5-11(12)15(16)17/h2-6,14H,7H2,1H3. The molecule has 1 heterocycles. The van der Waals surface area contributed by atoms with Gasteiger partial charge in [0.1, 0.15) is 11.5 Å². The number of furan rings is 1. The largest absolute Gasteiger partial charge is 0.465 e. The first-order chi connectivity index (χ1) is 9.79. The fourth-order valence-electron chi connectivity index (χ4n) is 1.68. The lowest BCUT2D eigenvalue weighted by Crippen LogP contribution is -2.23. The minimum absolute atomic E-state index is 0.0835. The summed E-state index contributed by atoms with van der Waals surface area (Å²) < 4.78 is 32.4. The summed E-state index contributed by atoms with van der Waals surface area (Å²) in [5.74, 6) is 1.08. The number of halogens is 1. The lowest BCUT2D eigenvalue weighted by molar-refractivity contribution is -0.387. The predicted octanol–water partition coefficient (Wildman–Crippen LogP) is 2.74. The maximum absolute atomic E-state index is 12.2. The zero-order chi connectivity index (χ0) is 15.6. The fourth-order valence-corrected chi connectivity index (χ4v) is 3.38. The van der Waals surface area contributed by atoms with Crippen molar-refractivity contribution in [1.29, 1.82) is 0 Å². The SMILES string of the molecule is Cc1ccc(CNS(=O)(=O)c2cc(Br)ccc2[N+](=O)[O-])o1. The maximum Gasteiger partial charge on any atom is 0.289 e. The molecule has 0 unspecified atom stereocenters. The van der Waals surface area contributed by atoms with Crippen molar-refractivity contribution in [2.45, 2.75) is 18.4 Å². The van der Waals surface area contributed by atoms with Crippen LogP contribution in [0.2, 0.25) is 0 Å². The second-order valence-corrected chi connectivity index (χ2v) is 6.86. The van der Waals surface area contributed by atoms with Gasteiger partial charge in [-0.05, 0) is 31.2 Å². The van der Waals surface area contributed by atoms with E-state index in [1.807, 2.05) is 0 Å². The first-order valence-corrected chi connectivity index (χ1v) is 8.06. The molecule has 7 nitrogen and oxygen atoms in total.